The minimum Gasteiger partial charge on any atom is -0.493 e. The quantitative estimate of drug-likeness (QED) is 0.519. The third-order valence-electron chi connectivity index (χ3n) is 4.49. The molecule has 0 atom stereocenters. The van der Waals surface area contributed by atoms with Gasteiger partial charge in [-0.25, -0.2) is 4.39 Å². The van der Waals surface area contributed by atoms with Gasteiger partial charge in [-0.1, -0.05) is 48.0 Å². The summed E-state index contributed by atoms with van der Waals surface area (Å²) in [4.78, 5) is 2.38. The van der Waals surface area contributed by atoms with Crippen LogP contribution >= 0.6 is 15.9 Å². The summed E-state index contributed by atoms with van der Waals surface area (Å²) in [6, 6.07) is 10.4. The first-order valence-corrected chi connectivity index (χ1v) is 10.0. The van der Waals surface area contributed by atoms with Crippen LogP contribution < -0.4 is 14.8 Å². The van der Waals surface area contributed by atoms with E-state index in [9.17, 15) is 4.39 Å². The molecule has 27 heavy (non-hydrogen) atoms. The number of hydrogen-bond acceptors (Lipinski definition) is 4. The van der Waals surface area contributed by atoms with E-state index < -0.39 is 0 Å². The number of nitrogens with zero attached hydrogens (tertiary/aromatic N) is 1. The van der Waals surface area contributed by atoms with Gasteiger partial charge in [-0.2, -0.15) is 0 Å². The van der Waals surface area contributed by atoms with Crippen molar-refractivity contribution in [2.45, 2.75) is 27.0 Å². The smallest absolute Gasteiger partial charge is 0.162 e. The third kappa shape index (κ3) is 6.48. The van der Waals surface area contributed by atoms with Crippen molar-refractivity contribution in [3.63, 3.8) is 0 Å². The predicted molar refractivity (Wildman–Crippen MR) is 111 cm³/mol. The van der Waals surface area contributed by atoms with E-state index in [1.165, 1.54) is 6.07 Å². The second-order valence-electron chi connectivity index (χ2n) is 6.18. The normalized spacial score (nSPS) is 11.0. The van der Waals surface area contributed by atoms with E-state index in [0.717, 1.165) is 42.8 Å². The Kier molecular flexibility index (Phi) is 9.04. The van der Waals surface area contributed by atoms with E-state index in [-0.39, 0.29) is 12.4 Å². The molecule has 0 unspecified atom stereocenters. The fourth-order valence-corrected chi connectivity index (χ4v) is 3.22. The zero-order valence-corrected chi connectivity index (χ0v) is 17.8. The molecule has 0 saturated carbocycles. The van der Waals surface area contributed by atoms with Crippen molar-refractivity contribution >= 4 is 15.9 Å². The lowest BCUT2D eigenvalue weighted by Gasteiger charge is -2.18. The summed E-state index contributed by atoms with van der Waals surface area (Å²) >= 11 is 3.60. The minimum absolute atomic E-state index is 0.150. The summed E-state index contributed by atoms with van der Waals surface area (Å²) in [5.74, 6) is 0.944. The van der Waals surface area contributed by atoms with Gasteiger partial charge in [0.25, 0.3) is 0 Å². The molecule has 0 aromatic heterocycles. The van der Waals surface area contributed by atoms with Gasteiger partial charge in [0, 0.05) is 29.7 Å². The van der Waals surface area contributed by atoms with Crippen LogP contribution in [-0.2, 0) is 13.2 Å². The Morgan fingerprint density at radius 2 is 1.81 bits per heavy atom. The largest absolute Gasteiger partial charge is 0.493 e. The molecule has 0 bridgehead atoms. The Labute approximate surface area is 169 Å². The summed E-state index contributed by atoms with van der Waals surface area (Å²) in [5.41, 5.74) is 1.60. The molecule has 148 valence electrons. The second kappa shape index (κ2) is 11.3. The van der Waals surface area contributed by atoms with Crippen LogP contribution in [0, 0.1) is 5.82 Å². The molecule has 2 rings (SSSR count). The summed E-state index contributed by atoms with van der Waals surface area (Å²) in [7, 11) is 1.61. The van der Waals surface area contributed by atoms with Gasteiger partial charge in [-0.3, -0.25) is 0 Å². The topological polar surface area (TPSA) is 33.7 Å². The number of likely N-dealkylation sites (N-methyl/N-ethyl adjacent to an activating group) is 1. The highest BCUT2D eigenvalue weighted by atomic mass is 79.9. The number of ether oxygens (including phenoxy) is 2. The SMILES string of the molecule is CCN(CC)CCNCc1cc(OC)c(OCc2ccccc2F)cc1Br. The molecule has 1 N–H and O–H groups in total. The summed E-state index contributed by atoms with van der Waals surface area (Å²) < 4.78 is 26.0. The highest BCUT2D eigenvalue weighted by Crippen LogP contribution is 2.34. The highest BCUT2D eigenvalue weighted by Gasteiger charge is 2.12. The zero-order valence-electron chi connectivity index (χ0n) is 16.2. The van der Waals surface area contributed by atoms with Gasteiger partial charge >= 0.3 is 0 Å². The number of halogens is 2. The van der Waals surface area contributed by atoms with Crippen molar-refractivity contribution in [1.82, 2.24) is 10.2 Å². The maximum atomic E-state index is 13.8. The molecule has 0 amide bonds. The Morgan fingerprint density at radius 1 is 1.07 bits per heavy atom. The molecule has 0 aliphatic rings. The molecule has 0 spiro atoms. The maximum Gasteiger partial charge on any atom is 0.162 e. The van der Waals surface area contributed by atoms with Crippen molar-refractivity contribution in [3.8, 4) is 11.5 Å². The minimum atomic E-state index is -0.274. The summed E-state index contributed by atoms with van der Waals surface area (Å²) in [5, 5.41) is 3.46. The highest BCUT2D eigenvalue weighted by molar-refractivity contribution is 9.10. The van der Waals surface area contributed by atoms with Crippen LogP contribution in [0.2, 0.25) is 0 Å². The Bertz CT molecular complexity index is 723. The zero-order chi connectivity index (χ0) is 19.6. The van der Waals surface area contributed by atoms with Crippen LogP contribution in [-0.4, -0.2) is 38.2 Å². The van der Waals surface area contributed by atoms with E-state index in [2.05, 4.69) is 40.0 Å². The molecule has 0 aliphatic heterocycles. The number of rotatable bonds is 11. The van der Waals surface area contributed by atoms with Gasteiger partial charge in [0.2, 0.25) is 0 Å². The van der Waals surface area contributed by atoms with Crippen LogP contribution in [0.15, 0.2) is 40.9 Å². The van der Waals surface area contributed by atoms with Crippen LogP contribution in [0.25, 0.3) is 0 Å². The van der Waals surface area contributed by atoms with Crippen LogP contribution in [0.3, 0.4) is 0 Å². The Hall–Kier alpha value is -1.63. The fourth-order valence-electron chi connectivity index (χ4n) is 2.76. The predicted octanol–water partition coefficient (Wildman–Crippen LogP) is 4.61. The van der Waals surface area contributed by atoms with Crippen LogP contribution in [0.5, 0.6) is 11.5 Å². The first-order chi connectivity index (χ1) is 13.1. The van der Waals surface area contributed by atoms with E-state index in [4.69, 9.17) is 9.47 Å². The number of methoxy groups -OCH3 is 1. The van der Waals surface area contributed by atoms with Crippen molar-refractivity contribution in [1.29, 1.82) is 0 Å². The second-order valence-corrected chi connectivity index (χ2v) is 7.03. The number of hydrogen-bond donors (Lipinski definition) is 1. The molecule has 0 saturated heterocycles. The summed E-state index contributed by atoms with van der Waals surface area (Å²) in [6.45, 7) is 9.28. The lowest BCUT2D eigenvalue weighted by Crippen LogP contribution is -2.31. The van der Waals surface area contributed by atoms with Crippen molar-refractivity contribution < 1.29 is 13.9 Å². The van der Waals surface area contributed by atoms with Gasteiger partial charge in [0.05, 0.1) is 7.11 Å². The first-order valence-electron chi connectivity index (χ1n) is 9.24. The molecular weight excluding hydrogens is 411 g/mol. The van der Waals surface area contributed by atoms with Crippen LogP contribution in [0.1, 0.15) is 25.0 Å². The Balaban J connectivity index is 1.98. The molecule has 4 nitrogen and oxygen atoms in total. The molecule has 0 aliphatic carbocycles. The van der Waals surface area contributed by atoms with Crippen molar-refractivity contribution in [3.05, 3.63) is 57.8 Å². The first kappa shape index (κ1) is 21.7. The van der Waals surface area contributed by atoms with E-state index in [1.807, 2.05) is 12.1 Å². The third-order valence-corrected chi connectivity index (χ3v) is 5.23. The molecular formula is C21H28BrFN2O2. The summed E-state index contributed by atoms with van der Waals surface area (Å²) in [6.07, 6.45) is 0. The molecule has 6 heteroatoms. The van der Waals surface area contributed by atoms with Crippen molar-refractivity contribution in [2.24, 2.45) is 0 Å². The average Bonchev–Trinajstić information content (AvgIpc) is 2.68. The Morgan fingerprint density at radius 3 is 2.48 bits per heavy atom. The maximum absolute atomic E-state index is 13.8. The molecule has 2 aromatic carbocycles. The van der Waals surface area contributed by atoms with Gasteiger partial charge < -0.3 is 19.7 Å². The van der Waals surface area contributed by atoms with Crippen molar-refractivity contribution in [2.75, 3.05) is 33.3 Å². The van der Waals surface area contributed by atoms with E-state index in [1.54, 1.807) is 25.3 Å². The monoisotopic (exact) mass is 438 g/mol. The molecule has 0 heterocycles. The van der Waals surface area contributed by atoms with E-state index in [0.29, 0.717) is 17.1 Å². The molecule has 2 aromatic rings. The van der Waals surface area contributed by atoms with E-state index >= 15 is 0 Å². The van der Waals surface area contributed by atoms with Crippen LogP contribution in [0.4, 0.5) is 4.39 Å². The molecule has 0 fully saturated rings. The lowest BCUT2D eigenvalue weighted by atomic mass is 10.2. The average molecular weight is 439 g/mol. The number of benzene rings is 2. The van der Waals surface area contributed by atoms with Gasteiger partial charge in [-0.15, -0.1) is 0 Å². The number of nitrogens with one attached hydrogen (secondary N) is 1. The van der Waals surface area contributed by atoms with Gasteiger partial charge in [0.15, 0.2) is 11.5 Å². The van der Waals surface area contributed by atoms with Gasteiger partial charge in [0.1, 0.15) is 12.4 Å². The molecule has 0 radical (unpaired) electrons. The van der Waals surface area contributed by atoms with Gasteiger partial charge in [-0.05, 0) is 36.9 Å². The fraction of sp³-hybridized carbons (Fsp3) is 0.429. The lowest BCUT2D eigenvalue weighted by molar-refractivity contribution is 0.279. The standard InChI is InChI=1S/C21H28BrFN2O2/c1-4-25(5-2)11-10-24-14-17-12-20(26-3)21(13-18(17)22)27-15-16-8-6-7-9-19(16)23/h6-9,12-13,24H,4-5,10-11,14-15H2,1-3H3.